The maximum Gasteiger partial charge on any atom is 0.135 e. The van der Waals surface area contributed by atoms with Crippen molar-refractivity contribution in [3.8, 4) is 0 Å². The Morgan fingerprint density at radius 1 is 1.43 bits per heavy atom. The van der Waals surface area contributed by atoms with E-state index in [0.29, 0.717) is 12.2 Å². The fraction of sp³-hybridized carbons (Fsp3) is 0.917. The zero-order chi connectivity index (χ0) is 10.2. The second-order valence-electron chi connectivity index (χ2n) is 5.50. The lowest BCUT2D eigenvalue weighted by atomic mass is 9.74. The number of carbonyl (C=O) groups excluding carboxylic acids is 1. The highest BCUT2D eigenvalue weighted by Gasteiger charge is 2.37. The first kappa shape index (κ1) is 10.2. The third-order valence-electron chi connectivity index (χ3n) is 3.56. The van der Waals surface area contributed by atoms with Gasteiger partial charge in [0.1, 0.15) is 5.78 Å². The molecule has 2 nitrogen and oxygen atoms in total. The molecule has 0 heterocycles. The van der Waals surface area contributed by atoms with Gasteiger partial charge in [0.15, 0.2) is 0 Å². The van der Waals surface area contributed by atoms with Crippen LogP contribution in [0.5, 0.6) is 0 Å². The number of ketones is 1. The third kappa shape index (κ3) is 2.35. The van der Waals surface area contributed by atoms with Crippen LogP contribution in [0.3, 0.4) is 0 Å². The van der Waals surface area contributed by atoms with E-state index in [-0.39, 0.29) is 11.5 Å². The first-order valence-corrected chi connectivity index (χ1v) is 5.71. The quantitative estimate of drug-likeness (QED) is 0.693. The molecule has 1 unspecified atom stereocenters. The van der Waals surface area contributed by atoms with Crippen LogP contribution in [0, 0.1) is 11.3 Å². The van der Waals surface area contributed by atoms with Gasteiger partial charge < -0.3 is 4.74 Å². The highest BCUT2D eigenvalue weighted by atomic mass is 16.5. The molecule has 2 rings (SSSR count). The molecular weight excluding hydrogens is 176 g/mol. The van der Waals surface area contributed by atoms with Gasteiger partial charge in [0, 0.05) is 19.4 Å². The van der Waals surface area contributed by atoms with Gasteiger partial charge in [-0.05, 0) is 30.6 Å². The van der Waals surface area contributed by atoms with Gasteiger partial charge in [-0.3, -0.25) is 4.79 Å². The first-order valence-electron chi connectivity index (χ1n) is 5.71. The van der Waals surface area contributed by atoms with E-state index in [9.17, 15) is 4.79 Å². The molecule has 0 amide bonds. The van der Waals surface area contributed by atoms with Gasteiger partial charge in [0.05, 0.1) is 6.10 Å². The number of carbonyl (C=O) groups is 1. The summed E-state index contributed by atoms with van der Waals surface area (Å²) < 4.78 is 5.87. The molecule has 0 aromatic heterocycles. The minimum Gasteiger partial charge on any atom is -0.377 e. The highest BCUT2D eigenvalue weighted by molar-refractivity contribution is 5.79. The van der Waals surface area contributed by atoms with Crippen molar-refractivity contribution in [1.82, 2.24) is 0 Å². The molecule has 0 spiro atoms. The van der Waals surface area contributed by atoms with Crippen molar-refractivity contribution in [3.63, 3.8) is 0 Å². The van der Waals surface area contributed by atoms with E-state index in [4.69, 9.17) is 4.74 Å². The standard InChI is InChI=1S/C12H20O2/c1-12(2)6-5-10(13)7-11(12)14-8-9-3-4-9/h9,11H,3-8H2,1-2H3. The van der Waals surface area contributed by atoms with E-state index in [0.717, 1.165) is 25.4 Å². The van der Waals surface area contributed by atoms with E-state index in [1.54, 1.807) is 0 Å². The Balaban J connectivity index is 1.87. The van der Waals surface area contributed by atoms with E-state index >= 15 is 0 Å². The third-order valence-corrected chi connectivity index (χ3v) is 3.56. The molecule has 2 aliphatic carbocycles. The van der Waals surface area contributed by atoms with E-state index < -0.39 is 0 Å². The maximum atomic E-state index is 11.3. The van der Waals surface area contributed by atoms with Crippen molar-refractivity contribution in [3.05, 3.63) is 0 Å². The summed E-state index contributed by atoms with van der Waals surface area (Å²) in [5, 5.41) is 0. The summed E-state index contributed by atoms with van der Waals surface area (Å²) in [5.74, 6) is 1.17. The highest BCUT2D eigenvalue weighted by Crippen LogP contribution is 2.38. The zero-order valence-electron chi connectivity index (χ0n) is 9.21. The number of Topliss-reactive ketones (excluding diaryl/α,β-unsaturated/α-hetero) is 1. The lowest BCUT2D eigenvalue weighted by molar-refractivity contribution is -0.132. The molecule has 0 bridgehead atoms. The number of rotatable bonds is 3. The topological polar surface area (TPSA) is 26.3 Å². The average molecular weight is 196 g/mol. The lowest BCUT2D eigenvalue weighted by Gasteiger charge is -2.37. The van der Waals surface area contributed by atoms with Crippen LogP contribution < -0.4 is 0 Å². The summed E-state index contributed by atoms with van der Waals surface area (Å²) in [6, 6.07) is 0. The van der Waals surface area contributed by atoms with Crippen LogP contribution in [0.15, 0.2) is 0 Å². The van der Waals surface area contributed by atoms with Crippen molar-refractivity contribution >= 4 is 5.78 Å². The van der Waals surface area contributed by atoms with Gasteiger partial charge >= 0.3 is 0 Å². The second-order valence-corrected chi connectivity index (χ2v) is 5.50. The Hall–Kier alpha value is -0.370. The van der Waals surface area contributed by atoms with Crippen molar-refractivity contribution in [2.24, 2.45) is 11.3 Å². The molecule has 80 valence electrons. The first-order chi connectivity index (χ1) is 6.58. The molecule has 1 atom stereocenters. The van der Waals surface area contributed by atoms with Crippen LogP contribution >= 0.6 is 0 Å². The monoisotopic (exact) mass is 196 g/mol. The largest absolute Gasteiger partial charge is 0.377 e. The molecule has 2 saturated carbocycles. The van der Waals surface area contributed by atoms with Gasteiger partial charge in [-0.25, -0.2) is 0 Å². The van der Waals surface area contributed by atoms with Crippen molar-refractivity contribution in [1.29, 1.82) is 0 Å². The molecule has 14 heavy (non-hydrogen) atoms. The van der Waals surface area contributed by atoms with E-state index in [1.165, 1.54) is 12.8 Å². The van der Waals surface area contributed by atoms with E-state index in [1.807, 2.05) is 0 Å². The smallest absolute Gasteiger partial charge is 0.135 e. The summed E-state index contributed by atoms with van der Waals surface area (Å²) in [7, 11) is 0. The summed E-state index contributed by atoms with van der Waals surface area (Å²) in [5.41, 5.74) is 0.197. The molecule has 0 aromatic rings. The summed E-state index contributed by atoms with van der Waals surface area (Å²) in [4.78, 5) is 11.3. The van der Waals surface area contributed by atoms with E-state index in [2.05, 4.69) is 13.8 Å². The van der Waals surface area contributed by atoms with Crippen LogP contribution in [0.4, 0.5) is 0 Å². The Morgan fingerprint density at radius 3 is 2.79 bits per heavy atom. The minimum atomic E-state index is 0.171. The SMILES string of the molecule is CC1(C)CCC(=O)CC1OCC1CC1. The molecule has 2 heteroatoms. The van der Waals surface area contributed by atoms with Crippen LogP contribution in [0.2, 0.25) is 0 Å². The molecule has 0 aliphatic heterocycles. The Kier molecular flexibility index (Phi) is 2.65. The summed E-state index contributed by atoms with van der Waals surface area (Å²) >= 11 is 0. The van der Waals surface area contributed by atoms with Crippen LogP contribution in [0.25, 0.3) is 0 Å². The predicted octanol–water partition coefficient (Wildman–Crippen LogP) is 2.56. The molecule has 2 fully saturated rings. The Labute approximate surface area is 86.0 Å². The Bertz CT molecular complexity index is 228. The van der Waals surface area contributed by atoms with Gasteiger partial charge in [0.2, 0.25) is 0 Å². The Morgan fingerprint density at radius 2 is 2.14 bits per heavy atom. The lowest BCUT2D eigenvalue weighted by Crippen LogP contribution is -2.39. The number of ether oxygens (including phenoxy) is 1. The summed E-state index contributed by atoms with van der Waals surface area (Å²) in [6.07, 6.45) is 5.18. The van der Waals surface area contributed by atoms with Gasteiger partial charge in [-0.2, -0.15) is 0 Å². The molecule has 0 saturated heterocycles. The molecule has 0 aromatic carbocycles. The van der Waals surface area contributed by atoms with Crippen LogP contribution in [0.1, 0.15) is 46.0 Å². The minimum absolute atomic E-state index is 0.171. The van der Waals surface area contributed by atoms with Crippen LogP contribution in [-0.2, 0) is 9.53 Å². The fourth-order valence-corrected chi connectivity index (χ4v) is 2.03. The van der Waals surface area contributed by atoms with Crippen molar-refractivity contribution in [2.75, 3.05) is 6.61 Å². The number of hydrogen-bond donors (Lipinski definition) is 0. The summed E-state index contributed by atoms with van der Waals surface area (Å²) in [6.45, 7) is 5.31. The predicted molar refractivity (Wildman–Crippen MR) is 55.1 cm³/mol. The molecule has 0 radical (unpaired) electrons. The van der Waals surface area contributed by atoms with Gasteiger partial charge in [-0.1, -0.05) is 13.8 Å². The van der Waals surface area contributed by atoms with Gasteiger partial charge in [-0.15, -0.1) is 0 Å². The number of hydrogen-bond acceptors (Lipinski definition) is 2. The fourth-order valence-electron chi connectivity index (χ4n) is 2.03. The van der Waals surface area contributed by atoms with Gasteiger partial charge in [0.25, 0.3) is 0 Å². The average Bonchev–Trinajstić information content (AvgIpc) is 2.90. The van der Waals surface area contributed by atoms with Crippen molar-refractivity contribution < 1.29 is 9.53 Å². The molecule has 2 aliphatic rings. The second kappa shape index (κ2) is 3.65. The zero-order valence-corrected chi connectivity index (χ0v) is 9.21. The molecule has 0 N–H and O–H groups in total. The van der Waals surface area contributed by atoms with Crippen LogP contribution in [-0.4, -0.2) is 18.5 Å². The normalized spacial score (nSPS) is 31.9. The van der Waals surface area contributed by atoms with Crippen molar-refractivity contribution in [2.45, 2.75) is 52.1 Å². The molecular formula is C12H20O2. The maximum absolute atomic E-state index is 11.3.